The van der Waals surface area contributed by atoms with Gasteiger partial charge in [-0.3, -0.25) is 0 Å². The fraction of sp³-hybridized carbons (Fsp3) is 1.00. The highest BCUT2D eigenvalue weighted by molar-refractivity contribution is 14.2. The molecule has 0 aliphatic carbocycles. The zero-order valence-electron chi connectivity index (χ0n) is 3.61. The first-order chi connectivity index (χ1) is 2.77. The van der Waals surface area contributed by atoms with Crippen molar-refractivity contribution in [1.29, 1.82) is 0 Å². The molecule has 0 aliphatic rings. The Labute approximate surface area is 57.9 Å². The Hall–Kier alpha value is 1.30. The van der Waals surface area contributed by atoms with Gasteiger partial charge in [0, 0.05) is 27.0 Å². The summed E-state index contributed by atoms with van der Waals surface area (Å²) in [6, 6.07) is 0. The maximum Gasteiger partial charge on any atom is 0.00715 e. The molecule has 38 valence electrons. The van der Waals surface area contributed by atoms with Crippen LogP contribution in [0, 0.1) is 0 Å². The van der Waals surface area contributed by atoms with Crippen LogP contribution in [0.3, 0.4) is 0 Å². The third kappa shape index (κ3) is 5.30. The minimum Gasteiger partial charge on any atom is -0.0646 e. The molecule has 0 spiro atoms. The first kappa shape index (κ1) is 7.30. The Kier molecular flexibility index (Phi) is 5.42. The van der Waals surface area contributed by atoms with Crippen molar-refractivity contribution < 1.29 is 0 Å². The molecule has 0 aliphatic heterocycles. The van der Waals surface area contributed by atoms with Gasteiger partial charge in [0.1, 0.15) is 0 Å². The van der Waals surface area contributed by atoms with E-state index in [9.17, 15) is 0 Å². The molecule has 0 saturated heterocycles. The lowest BCUT2D eigenvalue weighted by molar-refractivity contribution is 1.11. The predicted octanol–water partition coefficient (Wildman–Crippen LogP) is 1.83. The van der Waals surface area contributed by atoms with E-state index in [1.54, 1.807) is 0 Å². The molecular weight excluding hydrogens is 227 g/mol. The van der Waals surface area contributed by atoms with Crippen LogP contribution in [-0.4, -0.2) is 5.75 Å². The van der Waals surface area contributed by atoms with E-state index in [0.717, 1.165) is 0 Å². The van der Waals surface area contributed by atoms with E-state index in [2.05, 4.69) is 28.1 Å². The summed E-state index contributed by atoms with van der Waals surface area (Å²) in [7, 11) is 0. The smallest absolute Gasteiger partial charge is 0.00715 e. The normalized spacial score (nSPS) is 14.3. The predicted molar refractivity (Wildman–Crippen MR) is 43.9 cm³/mol. The van der Waals surface area contributed by atoms with Crippen LogP contribution >= 0.6 is 21.2 Å². The standard InChI is InChI=1S/C3H7IS2/c1-2-3-6(4)5/h2-3H2,1H3. The van der Waals surface area contributed by atoms with Crippen molar-refractivity contribution >= 4 is 39.0 Å². The molecule has 0 heterocycles. The molecule has 0 aromatic heterocycles. The minimum absolute atomic E-state index is 0.238. The Bertz CT molecular complexity index is 52.8. The third-order valence-electron chi connectivity index (χ3n) is 0.365. The van der Waals surface area contributed by atoms with Crippen molar-refractivity contribution in [1.82, 2.24) is 0 Å². The quantitative estimate of drug-likeness (QED) is 0.518. The summed E-state index contributed by atoms with van der Waals surface area (Å²) >= 11 is 7.18. The number of hydrogen-bond acceptors (Lipinski definition) is 1. The van der Waals surface area contributed by atoms with E-state index >= 15 is 0 Å². The molecule has 0 aromatic carbocycles. The molecule has 0 rings (SSSR count). The van der Waals surface area contributed by atoms with Gasteiger partial charge in [-0.05, 0) is 17.6 Å². The van der Waals surface area contributed by atoms with Gasteiger partial charge in [-0.25, -0.2) is 0 Å². The van der Waals surface area contributed by atoms with Crippen molar-refractivity contribution in [2.45, 2.75) is 13.3 Å². The highest BCUT2D eigenvalue weighted by Crippen LogP contribution is 1.95. The second kappa shape index (κ2) is 4.46. The van der Waals surface area contributed by atoms with Gasteiger partial charge in [0.25, 0.3) is 0 Å². The van der Waals surface area contributed by atoms with Gasteiger partial charge in [0.05, 0.1) is 0 Å². The summed E-state index contributed by atoms with van der Waals surface area (Å²) < 4.78 is 0. The third-order valence-corrected chi connectivity index (χ3v) is 2.92. The van der Waals surface area contributed by atoms with Crippen LogP contribution in [0.2, 0.25) is 0 Å². The fourth-order valence-corrected chi connectivity index (χ4v) is 2.30. The summed E-state index contributed by atoms with van der Waals surface area (Å²) in [5.41, 5.74) is 0. The topological polar surface area (TPSA) is 0 Å². The van der Waals surface area contributed by atoms with Gasteiger partial charge >= 0.3 is 0 Å². The van der Waals surface area contributed by atoms with Gasteiger partial charge < -0.3 is 0 Å². The molecule has 1 unspecified atom stereocenters. The number of halogens is 1. The van der Waals surface area contributed by atoms with Crippen molar-refractivity contribution in [2.24, 2.45) is 0 Å². The second-order valence-corrected chi connectivity index (χ2v) is 8.17. The average molecular weight is 234 g/mol. The van der Waals surface area contributed by atoms with E-state index in [-0.39, 0.29) is 6.63 Å². The van der Waals surface area contributed by atoms with Gasteiger partial charge in [-0.1, -0.05) is 13.5 Å². The first-order valence-corrected chi connectivity index (χ1v) is 6.68. The molecule has 0 aromatic rings. The van der Waals surface area contributed by atoms with Crippen molar-refractivity contribution in [2.75, 3.05) is 5.75 Å². The molecule has 3 heteroatoms. The lowest BCUT2D eigenvalue weighted by Crippen LogP contribution is -1.79. The maximum atomic E-state index is 4.89. The summed E-state index contributed by atoms with van der Waals surface area (Å²) in [6.45, 7) is 2.40. The zero-order valence-corrected chi connectivity index (χ0v) is 7.40. The van der Waals surface area contributed by atoms with Crippen LogP contribution in [0.15, 0.2) is 0 Å². The summed E-state index contributed by atoms with van der Waals surface area (Å²) in [6.07, 6.45) is 1.23. The lowest BCUT2D eigenvalue weighted by atomic mass is 10.6. The zero-order chi connectivity index (χ0) is 4.99. The summed E-state index contributed by atoms with van der Waals surface area (Å²) in [5.74, 6) is 1.20. The Morgan fingerprint density at radius 3 is 2.33 bits per heavy atom. The number of hydrogen-bond donors (Lipinski definition) is 0. The van der Waals surface area contributed by atoms with Crippen molar-refractivity contribution in [3.63, 3.8) is 0 Å². The van der Waals surface area contributed by atoms with Crippen LogP contribution in [0.25, 0.3) is 0 Å². The molecular formula is C3H7IS2. The molecule has 0 radical (unpaired) electrons. The fourth-order valence-electron chi connectivity index (χ4n) is 0.160. The van der Waals surface area contributed by atoms with Crippen molar-refractivity contribution in [3.05, 3.63) is 0 Å². The highest BCUT2D eigenvalue weighted by atomic mass is 127. The molecule has 0 nitrogen and oxygen atoms in total. The van der Waals surface area contributed by atoms with E-state index in [4.69, 9.17) is 11.2 Å². The monoisotopic (exact) mass is 234 g/mol. The van der Waals surface area contributed by atoms with E-state index in [1.165, 1.54) is 12.2 Å². The maximum absolute atomic E-state index is 4.89. The van der Waals surface area contributed by atoms with Crippen LogP contribution in [-0.2, 0) is 17.8 Å². The Morgan fingerprint density at radius 2 is 2.33 bits per heavy atom. The largest absolute Gasteiger partial charge is 0.0646 e. The van der Waals surface area contributed by atoms with Crippen LogP contribution in [0.1, 0.15) is 13.3 Å². The average Bonchev–Trinajstić information content (AvgIpc) is 1.35. The van der Waals surface area contributed by atoms with E-state index in [1.807, 2.05) is 0 Å². The van der Waals surface area contributed by atoms with Crippen LogP contribution < -0.4 is 0 Å². The second-order valence-electron chi connectivity index (χ2n) is 0.994. The Morgan fingerprint density at radius 1 is 1.83 bits per heavy atom. The summed E-state index contributed by atoms with van der Waals surface area (Å²) in [5, 5.41) is 0. The molecule has 0 fully saturated rings. The van der Waals surface area contributed by atoms with Crippen LogP contribution in [0.5, 0.6) is 0 Å². The van der Waals surface area contributed by atoms with E-state index in [0.29, 0.717) is 0 Å². The first-order valence-electron chi connectivity index (χ1n) is 1.82. The van der Waals surface area contributed by atoms with Gasteiger partial charge in [-0.15, -0.1) is 0 Å². The molecule has 0 bridgehead atoms. The molecule has 6 heavy (non-hydrogen) atoms. The number of rotatable bonds is 2. The molecule has 1 atom stereocenters. The van der Waals surface area contributed by atoms with Crippen molar-refractivity contribution in [3.8, 4) is 0 Å². The van der Waals surface area contributed by atoms with Gasteiger partial charge in [0.2, 0.25) is 0 Å². The SMILES string of the molecule is CCCS(=S)I. The summed E-state index contributed by atoms with van der Waals surface area (Å²) in [4.78, 5) is 0. The lowest BCUT2D eigenvalue weighted by Gasteiger charge is -1.84. The molecule has 0 N–H and O–H groups in total. The van der Waals surface area contributed by atoms with Crippen LogP contribution in [0.4, 0.5) is 0 Å². The van der Waals surface area contributed by atoms with Gasteiger partial charge in [-0.2, -0.15) is 0 Å². The Balaban J connectivity index is 2.83. The minimum atomic E-state index is 0.238. The van der Waals surface area contributed by atoms with Gasteiger partial charge in [0.15, 0.2) is 0 Å². The van der Waals surface area contributed by atoms with E-state index < -0.39 is 0 Å². The highest BCUT2D eigenvalue weighted by Gasteiger charge is 1.78. The molecule has 0 amide bonds. The molecule has 0 saturated carbocycles.